The molecule has 3 aliphatic rings. The van der Waals surface area contributed by atoms with Crippen molar-refractivity contribution in [2.45, 2.75) is 44.6 Å². The second-order valence-corrected chi connectivity index (χ2v) is 5.72. The van der Waals surface area contributed by atoms with Gasteiger partial charge in [-0.3, -0.25) is 9.59 Å². The Bertz CT molecular complexity index is 351. The van der Waals surface area contributed by atoms with Crippen LogP contribution in [0.2, 0.25) is 0 Å². The summed E-state index contributed by atoms with van der Waals surface area (Å²) in [5, 5.41) is 8.88. The lowest BCUT2D eigenvalue weighted by Gasteiger charge is -2.37. The summed E-state index contributed by atoms with van der Waals surface area (Å²) in [4.78, 5) is 25.0. The van der Waals surface area contributed by atoms with E-state index in [0.717, 1.165) is 19.4 Å². The van der Waals surface area contributed by atoms with Crippen molar-refractivity contribution >= 4 is 11.9 Å². The highest BCUT2D eigenvalue weighted by Gasteiger charge is 2.51. The van der Waals surface area contributed by atoms with Gasteiger partial charge >= 0.3 is 5.97 Å². The van der Waals surface area contributed by atoms with Gasteiger partial charge in [0.25, 0.3) is 0 Å². The first kappa shape index (κ1) is 11.1. The smallest absolute Gasteiger partial charge is 0.307 e. The number of carbonyl (C=O) groups excluding carboxylic acids is 1. The number of carboxylic acids is 1. The van der Waals surface area contributed by atoms with Crippen LogP contribution in [0, 0.1) is 17.8 Å². The van der Waals surface area contributed by atoms with Gasteiger partial charge < -0.3 is 10.0 Å². The second-order valence-electron chi connectivity index (χ2n) is 5.72. The van der Waals surface area contributed by atoms with Gasteiger partial charge in [0.05, 0.1) is 11.8 Å². The predicted octanol–water partition coefficient (Wildman–Crippen LogP) is 1.50. The van der Waals surface area contributed by atoms with Crippen LogP contribution in [0.5, 0.6) is 0 Å². The van der Waals surface area contributed by atoms with Crippen LogP contribution in [0.25, 0.3) is 0 Å². The lowest BCUT2D eigenvalue weighted by atomic mass is 9.78. The highest BCUT2D eigenvalue weighted by molar-refractivity contribution is 5.89. The van der Waals surface area contributed by atoms with Crippen molar-refractivity contribution in [3.63, 3.8) is 0 Å². The molecule has 1 N–H and O–H groups in total. The second kappa shape index (κ2) is 4.00. The van der Waals surface area contributed by atoms with E-state index < -0.39 is 11.9 Å². The van der Waals surface area contributed by atoms with Gasteiger partial charge in [-0.1, -0.05) is 6.42 Å². The molecule has 4 heteroatoms. The summed E-state index contributed by atoms with van der Waals surface area (Å²) in [6.07, 6.45) is 6.58. The molecule has 3 rings (SSSR count). The molecule has 2 aliphatic carbocycles. The molecule has 0 aromatic rings. The third-order valence-corrected chi connectivity index (χ3v) is 4.70. The van der Waals surface area contributed by atoms with Gasteiger partial charge in [0.1, 0.15) is 0 Å². The van der Waals surface area contributed by atoms with Crippen molar-refractivity contribution in [1.29, 1.82) is 0 Å². The molecule has 17 heavy (non-hydrogen) atoms. The average Bonchev–Trinajstić information content (AvgIpc) is 2.89. The van der Waals surface area contributed by atoms with Gasteiger partial charge in [-0.15, -0.1) is 0 Å². The first-order chi connectivity index (χ1) is 8.18. The summed E-state index contributed by atoms with van der Waals surface area (Å²) in [6.45, 7) is 0.850. The van der Waals surface area contributed by atoms with Gasteiger partial charge in [-0.05, 0) is 38.0 Å². The van der Waals surface area contributed by atoms with Crippen molar-refractivity contribution in [2.24, 2.45) is 17.8 Å². The van der Waals surface area contributed by atoms with Crippen LogP contribution in [0.4, 0.5) is 0 Å². The largest absolute Gasteiger partial charge is 0.481 e. The molecule has 3 fully saturated rings. The van der Waals surface area contributed by atoms with Crippen molar-refractivity contribution < 1.29 is 14.7 Å². The Hall–Kier alpha value is -1.06. The predicted molar refractivity (Wildman–Crippen MR) is 61.3 cm³/mol. The van der Waals surface area contributed by atoms with Crippen molar-refractivity contribution in [2.75, 3.05) is 6.54 Å². The first-order valence-corrected chi connectivity index (χ1v) is 6.72. The summed E-state index contributed by atoms with van der Waals surface area (Å²) in [7, 11) is 0. The minimum atomic E-state index is -0.803. The van der Waals surface area contributed by atoms with Crippen LogP contribution in [-0.4, -0.2) is 34.5 Å². The van der Waals surface area contributed by atoms with Crippen molar-refractivity contribution in [1.82, 2.24) is 4.90 Å². The van der Waals surface area contributed by atoms with E-state index in [9.17, 15) is 9.59 Å². The molecule has 3 atom stereocenters. The normalized spacial score (nSPS) is 36.7. The van der Waals surface area contributed by atoms with Crippen LogP contribution in [0.3, 0.4) is 0 Å². The van der Waals surface area contributed by atoms with Gasteiger partial charge in [0, 0.05) is 12.6 Å². The zero-order chi connectivity index (χ0) is 12.0. The number of rotatable bonds is 3. The number of amides is 1. The van der Waals surface area contributed by atoms with E-state index >= 15 is 0 Å². The lowest BCUT2D eigenvalue weighted by molar-refractivity contribution is -0.142. The third kappa shape index (κ3) is 1.83. The zero-order valence-electron chi connectivity index (χ0n) is 9.97. The van der Waals surface area contributed by atoms with Crippen LogP contribution in [0.1, 0.15) is 38.5 Å². The van der Waals surface area contributed by atoms with E-state index in [0.29, 0.717) is 18.4 Å². The molecule has 0 aromatic carbocycles. The summed E-state index contributed by atoms with van der Waals surface area (Å²) >= 11 is 0. The molecule has 1 amide bonds. The lowest BCUT2D eigenvalue weighted by Crippen LogP contribution is -2.43. The van der Waals surface area contributed by atoms with Crippen LogP contribution in [0.15, 0.2) is 0 Å². The topological polar surface area (TPSA) is 57.6 Å². The van der Waals surface area contributed by atoms with Gasteiger partial charge in [0.15, 0.2) is 0 Å². The van der Waals surface area contributed by atoms with Crippen LogP contribution in [-0.2, 0) is 9.59 Å². The summed E-state index contributed by atoms with van der Waals surface area (Å²) in [5.74, 6) is -0.601. The Kier molecular flexibility index (Phi) is 2.60. The molecule has 94 valence electrons. The molecular weight excluding hydrogens is 218 g/mol. The highest BCUT2D eigenvalue weighted by atomic mass is 16.4. The van der Waals surface area contributed by atoms with Crippen LogP contribution >= 0.6 is 0 Å². The molecule has 0 spiro atoms. The maximum Gasteiger partial charge on any atom is 0.307 e. The fourth-order valence-electron chi connectivity index (χ4n) is 3.33. The quantitative estimate of drug-likeness (QED) is 0.809. The highest BCUT2D eigenvalue weighted by Crippen LogP contribution is 2.44. The summed E-state index contributed by atoms with van der Waals surface area (Å²) in [6, 6.07) is 0.422. The van der Waals surface area contributed by atoms with E-state index in [2.05, 4.69) is 0 Å². The van der Waals surface area contributed by atoms with Gasteiger partial charge in [-0.2, -0.15) is 0 Å². The molecule has 1 heterocycles. The zero-order valence-corrected chi connectivity index (χ0v) is 9.97. The fourth-order valence-corrected chi connectivity index (χ4v) is 3.33. The van der Waals surface area contributed by atoms with E-state index in [4.69, 9.17) is 5.11 Å². The summed E-state index contributed by atoms with van der Waals surface area (Å²) in [5.41, 5.74) is 0. The number of hydrogen-bond acceptors (Lipinski definition) is 2. The van der Waals surface area contributed by atoms with E-state index in [-0.39, 0.29) is 11.8 Å². The third-order valence-electron chi connectivity index (χ3n) is 4.70. The Balaban J connectivity index is 1.63. The Morgan fingerprint density at radius 2 is 1.82 bits per heavy atom. The Morgan fingerprint density at radius 3 is 2.35 bits per heavy atom. The SMILES string of the molecule is O=C(O)C1CC1C(=O)N1CCCC1C1CCC1. The number of carboxylic acid groups (broad SMARTS) is 1. The number of likely N-dealkylation sites (tertiary alicyclic amines) is 1. The van der Waals surface area contributed by atoms with Crippen molar-refractivity contribution in [3.8, 4) is 0 Å². The fraction of sp³-hybridized carbons (Fsp3) is 0.846. The van der Waals surface area contributed by atoms with E-state index in [1.165, 1.54) is 19.3 Å². The van der Waals surface area contributed by atoms with Crippen molar-refractivity contribution in [3.05, 3.63) is 0 Å². The minimum Gasteiger partial charge on any atom is -0.481 e. The Labute approximate surface area is 101 Å². The molecule has 0 aromatic heterocycles. The van der Waals surface area contributed by atoms with E-state index in [1.807, 2.05) is 4.90 Å². The number of aliphatic carboxylic acids is 1. The number of nitrogens with zero attached hydrogens (tertiary/aromatic N) is 1. The summed E-state index contributed by atoms with van der Waals surface area (Å²) < 4.78 is 0. The van der Waals surface area contributed by atoms with E-state index in [1.54, 1.807) is 0 Å². The maximum atomic E-state index is 12.2. The molecular formula is C13H19NO3. The molecule has 3 unspecified atom stereocenters. The van der Waals surface area contributed by atoms with Gasteiger partial charge in [0.2, 0.25) is 5.91 Å². The molecule has 4 nitrogen and oxygen atoms in total. The monoisotopic (exact) mass is 237 g/mol. The first-order valence-electron chi connectivity index (χ1n) is 6.72. The molecule has 0 radical (unpaired) electrons. The molecule has 1 aliphatic heterocycles. The van der Waals surface area contributed by atoms with Crippen LogP contribution < -0.4 is 0 Å². The molecule has 0 bridgehead atoms. The molecule has 2 saturated carbocycles. The molecule has 1 saturated heterocycles. The standard InChI is InChI=1S/C13H19NO3/c15-12(9-7-10(9)13(16)17)14-6-2-5-11(14)8-3-1-4-8/h8-11H,1-7H2,(H,16,17). The van der Waals surface area contributed by atoms with Gasteiger partial charge in [-0.25, -0.2) is 0 Å². The number of carbonyl (C=O) groups is 2. The number of hydrogen-bond donors (Lipinski definition) is 1. The minimum absolute atomic E-state index is 0.117. The maximum absolute atomic E-state index is 12.2. The average molecular weight is 237 g/mol. The Morgan fingerprint density at radius 1 is 1.06 bits per heavy atom.